The third-order valence-corrected chi connectivity index (χ3v) is 1.58. The van der Waals surface area contributed by atoms with Gasteiger partial charge in [0.1, 0.15) is 6.29 Å². The molecule has 0 rings (SSSR count). The van der Waals surface area contributed by atoms with Gasteiger partial charge in [0, 0.05) is 6.54 Å². The fraction of sp³-hybridized carbons (Fsp3) is 0.875. The maximum atomic E-state index is 10.1. The lowest BCUT2D eigenvalue weighted by molar-refractivity contribution is -0.109. The predicted octanol–water partition coefficient (Wildman–Crippen LogP) is 0.280. The highest BCUT2D eigenvalue weighted by Gasteiger charge is 2.00. The molecule has 0 bridgehead atoms. The first kappa shape index (κ1) is 10.6. The van der Waals surface area contributed by atoms with Crippen LogP contribution in [0.15, 0.2) is 0 Å². The lowest BCUT2D eigenvalue weighted by Gasteiger charge is -2.17. The summed E-state index contributed by atoms with van der Waals surface area (Å²) in [5.41, 5.74) is 0. The van der Waals surface area contributed by atoms with Crippen LogP contribution in [-0.4, -0.2) is 42.5 Å². The average molecular weight is 159 g/mol. The summed E-state index contributed by atoms with van der Waals surface area (Å²) in [5, 5.41) is 8.61. The van der Waals surface area contributed by atoms with Crippen LogP contribution in [0.4, 0.5) is 0 Å². The summed E-state index contributed by atoms with van der Waals surface area (Å²) in [6.45, 7) is 4.21. The molecule has 0 radical (unpaired) electrons. The molecule has 0 amide bonds. The Morgan fingerprint density at radius 1 is 1.45 bits per heavy atom. The first-order valence-electron chi connectivity index (χ1n) is 4.12. The molecule has 0 aliphatic carbocycles. The third-order valence-electron chi connectivity index (χ3n) is 1.58. The van der Waals surface area contributed by atoms with Crippen LogP contribution in [0.3, 0.4) is 0 Å². The molecule has 0 fully saturated rings. The van der Waals surface area contributed by atoms with Gasteiger partial charge in [0.15, 0.2) is 0 Å². The van der Waals surface area contributed by atoms with Crippen LogP contribution in [0.1, 0.15) is 19.8 Å². The maximum absolute atomic E-state index is 10.1. The number of carbonyl (C=O) groups excluding carboxylic acids is 1. The van der Waals surface area contributed by atoms with E-state index < -0.39 is 0 Å². The van der Waals surface area contributed by atoms with Gasteiger partial charge in [-0.15, -0.1) is 0 Å². The topological polar surface area (TPSA) is 40.5 Å². The van der Waals surface area contributed by atoms with Gasteiger partial charge < -0.3 is 9.90 Å². The van der Waals surface area contributed by atoms with Gasteiger partial charge >= 0.3 is 0 Å². The summed E-state index contributed by atoms with van der Waals surface area (Å²) in [6.07, 6.45) is 3.10. The normalized spacial score (nSPS) is 10.5. The zero-order chi connectivity index (χ0) is 8.53. The highest BCUT2D eigenvalue weighted by molar-refractivity contribution is 5.51. The number of aldehydes is 1. The smallest absolute Gasteiger partial charge is 0.133 e. The van der Waals surface area contributed by atoms with Crippen molar-refractivity contribution in [3.8, 4) is 0 Å². The Labute approximate surface area is 68.0 Å². The second-order valence-electron chi connectivity index (χ2n) is 2.54. The van der Waals surface area contributed by atoms with Gasteiger partial charge in [-0.25, -0.2) is 0 Å². The second-order valence-corrected chi connectivity index (χ2v) is 2.54. The fourth-order valence-electron chi connectivity index (χ4n) is 0.923. The number of hydrogen-bond donors (Lipinski definition) is 1. The molecule has 0 spiro atoms. The molecule has 0 unspecified atom stereocenters. The molecule has 0 saturated heterocycles. The molecule has 3 heteroatoms. The van der Waals surface area contributed by atoms with Crippen LogP contribution >= 0.6 is 0 Å². The maximum Gasteiger partial charge on any atom is 0.133 e. The molecule has 11 heavy (non-hydrogen) atoms. The van der Waals surface area contributed by atoms with E-state index >= 15 is 0 Å². The number of rotatable bonds is 7. The first-order chi connectivity index (χ1) is 5.35. The molecule has 0 aromatic rings. The summed E-state index contributed by atoms with van der Waals surface area (Å²) in [4.78, 5) is 12.1. The minimum atomic E-state index is 0.136. The van der Waals surface area contributed by atoms with Crippen molar-refractivity contribution in [2.24, 2.45) is 0 Å². The Kier molecular flexibility index (Phi) is 7.41. The summed E-state index contributed by atoms with van der Waals surface area (Å²) in [6, 6.07) is 0. The van der Waals surface area contributed by atoms with Crippen molar-refractivity contribution < 1.29 is 9.90 Å². The molecule has 1 N–H and O–H groups in total. The Bertz CT molecular complexity index is 96.1. The lowest BCUT2D eigenvalue weighted by atomic mass is 10.3. The first-order valence-corrected chi connectivity index (χ1v) is 4.12. The quantitative estimate of drug-likeness (QED) is 0.542. The number of carbonyl (C=O) groups is 1. The van der Waals surface area contributed by atoms with Gasteiger partial charge in [-0.1, -0.05) is 13.3 Å². The van der Waals surface area contributed by atoms with E-state index in [2.05, 4.69) is 6.92 Å². The highest BCUT2D eigenvalue weighted by Crippen LogP contribution is 1.92. The molecule has 0 aliphatic heterocycles. The summed E-state index contributed by atoms with van der Waals surface area (Å²) < 4.78 is 0. The number of aliphatic hydroxyl groups is 1. The van der Waals surface area contributed by atoms with Crippen molar-refractivity contribution in [1.82, 2.24) is 4.90 Å². The summed E-state index contributed by atoms with van der Waals surface area (Å²) in [5.74, 6) is 0. The van der Waals surface area contributed by atoms with Gasteiger partial charge in [0.2, 0.25) is 0 Å². The number of hydrogen-bond acceptors (Lipinski definition) is 3. The van der Waals surface area contributed by atoms with Crippen LogP contribution < -0.4 is 0 Å². The minimum absolute atomic E-state index is 0.136. The predicted molar refractivity (Wildman–Crippen MR) is 44.5 cm³/mol. The highest BCUT2D eigenvalue weighted by atomic mass is 16.3. The van der Waals surface area contributed by atoms with Crippen LogP contribution in [0.25, 0.3) is 0 Å². The largest absolute Gasteiger partial charge is 0.395 e. The van der Waals surface area contributed by atoms with E-state index in [4.69, 9.17) is 5.11 Å². The van der Waals surface area contributed by atoms with Gasteiger partial charge in [-0.05, 0) is 13.0 Å². The van der Waals surface area contributed by atoms with E-state index in [9.17, 15) is 4.79 Å². The fourth-order valence-corrected chi connectivity index (χ4v) is 0.923. The van der Waals surface area contributed by atoms with Crippen molar-refractivity contribution in [3.05, 3.63) is 0 Å². The van der Waals surface area contributed by atoms with Crippen molar-refractivity contribution in [1.29, 1.82) is 0 Å². The molecule has 0 aromatic heterocycles. The van der Waals surface area contributed by atoms with Gasteiger partial charge in [-0.2, -0.15) is 0 Å². The Morgan fingerprint density at radius 3 is 2.64 bits per heavy atom. The zero-order valence-corrected chi connectivity index (χ0v) is 7.12. The molecule has 66 valence electrons. The molecule has 0 saturated carbocycles. The minimum Gasteiger partial charge on any atom is -0.395 e. The average Bonchev–Trinajstić information content (AvgIpc) is 2.01. The van der Waals surface area contributed by atoms with Crippen molar-refractivity contribution in [2.75, 3.05) is 26.2 Å². The van der Waals surface area contributed by atoms with Crippen molar-refractivity contribution in [3.63, 3.8) is 0 Å². The standard InChI is InChI=1S/C8H17NO2/c1-2-3-4-9(5-7-10)6-8-11/h7,11H,2-6,8H2,1H3. The van der Waals surface area contributed by atoms with Crippen LogP contribution in [-0.2, 0) is 4.79 Å². The molecule has 0 heterocycles. The molecule has 3 nitrogen and oxygen atoms in total. The van der Waals surface area contributed by atoms with Gasteiger partial charge in [-0.3, -0.25) is 4.90 Å². The SMILES string of the molecule is CCCCN(CC=O)CCO. The van der Waals surface area contributed by atoms with Crippen molar-refractivity contribution in [2.45, 2.75) is 19.8 Å². The van der Waals surface area contributed by atoms with E-state index in [1.165, 1.54) is 0 Å². The second kappa shape index (κ2) is 7.69. The Morgan fingerprint density at radius 2 is 2.18 bits per heavy atom. The lowest BCUT2D eigenvalue weighted by Crippen LogP contribution is -2.29. The van der Waals surface area contributed by atoms with E-state index in [0.29, 0.717) is 13.1 Å². The number of nitrogens with zero attached hydrogens (tertiary/aromatic N) is 1. The molecule has 0 aliphatic rings. The van der Waals surface area contributed by atoms with Gasteiger partial charge in [0.25, 0.3) is 0 Å². The van der Waals surface area contributed by atoms with Crippen LogP contribution in [0.2, 0.25) is 0 Å². The number of aliphatic hydroxyl groups excluding tert-OH is 1. The van der Waals surface area contributed by atoms with Crippen LogP contribution in [0.5, 0.6) is 0 Å². The Balaban J connectivity index is 3.41. The van der Waals surface area contributed by atoms with E-state index in [1.807, 2.05) is 4.90 Å². The van der Waals surface area contributed by atoms with E-state index in [-0.39, 0.29) is 6.61 Å². The van der Waals surface area contributed by atoms with E-state index in [1.54, 1.807) is 0 Å². The van der Waals surface area contributed by atoms with Crippen LogP contribution in [0, 0.1) is 0 Å². The zero-order valence-electron chi connectivity index (χ0n) is 7.12. The summed E-state index contributed by atoms with van der Waals surface area (Å²) >= 11 is 0. The monoisotopic (exact) mass is 159 g/mol. The van der Waals surface area contributed by atoms with E-state index in [0.717, 1.165) is 25.7 Å². The molecular weight excluding hydrogens is 142 g/mol. The third kappa shape index (κ3) is 6.01. The molecule has 0 atom stereocenters. The molecular formula is C8H17NO2. The number of unbranched alkanes of at least 4 members (excludes halogenated alkanes) is 1. The Hall–Kier alpha value is -0.410. The summed E-state index contributed by atoms with van der Waals surface area (Å²) in [7, 11) is 0. The van der Waals surface area contributed by atoms with Gasteiger partial charge in [0.05, 0.1) is 13.2 Å². The molecule has 0 aromatic carbocycles. The van der Waals surface area contributed by atoms with Crippen molar-refractivity contribution >= 4 is 6.29 Å².